The van der Waals surface area contributed by atoms with Crippen LogP contribution in [0.5, 0.6) is 5.75 Å². The maximum Gasteiger partial charge on any atom is 0.125 e. The van der Waals surface area contributed by atoms with Crippen molar-refractivity contribution in [1.29, 1.82) is 0 Å². The van der Waals surface area contributed by atoms with E-state index in [1.54, 1.807) is 11.3 Å². The summed E-state index contributed by atoms with van der Waals surface area (Å²) in [7, 11) is 0. The number of nitrogens with two attached hydrogens (primary N) is 1. The van der Waals surface area contributed by atoms with E-state index in [2.05, 4.69) is 42.8 Å². The molecule has 2 aromatic rings. The number of hydrogen-bond acceptors (Lipinski definition) is 3. The van der Waals surface area contributed by atoms with Crippen molar-refractivity contribution in [2.75, 3.05) is 6.54 Å². The molecular formula is C15H19NOS. The van der Waals surface area contributed by atoms with Crippen LogP contribution in [0.1, 0.15) is 22.3 Å². The second-order valence-corrected chi connectivity index (χ2v) is 5.30. The van der Waals surface area contributed by atoms with Crippen LogP contribution in [-0.2, 0) is 13.0 Å². The first-order chi connectivity index (χ1) is 8.70. The first-order valence-corrected chi connectivity index (χ1v) is 7.09. The normalized spacial score (nSPS) is 10.6. The molecule has 0 saturated heterocycles. The van der Waals surface area contributed by atoms with E-state index in [1.807, 2.05) is 0 Å². The summed E-state index contributed by atoms with van der Waals surface area (Å²) >= 11 is 1.70. The summed E-state index contributed by atoms with van der Waals surface area (Å²) in [5, 5.41) is 4.19. The lowest BCUT2D eigenvalue weighted by molar-refractivity contribution is 0.302. The monoisotopic (exact) mass is 261 g/mol. The van der Waals surface area contributed by atoms with E-state index in [0.717, 1.165) is 12.2 Å². The second kappa shape index (κ2) is 6.03. The third-order valence-electron chi connectivity index (χ3n) is 2.92. The van der Waals surface area contributed by atoms with Crippen molar-refractivity contribution in [2.24, 2.45) is 5.73 Å². The van der Waals surface area contributed by atoms with Gasteiger partial charge < -0.3 is 10.5 Å². The molecule has 0 atom stereocenters. The molecule has 2 rings (SSSR count). The molecule has 0 aliphatic rings. The fraction of sp³-hybridized carbons (Fsp3) is 0.333. The first-order valence-electron chi connectivity index (χ1n) is 6.14. The molecule has 0 bridgehead atoms. The van der Waals surface area contributed by atoms with Gasteiger partial charge in [0.2, 0.25) is 0 Å². The number of rotatable bonds is 5. The van der Waals surface area contributed by atoms with Gasteiger partial charge in [-0.25, -0.2) is 0 Å². The van der Waals surface area contributed by atoms with Gasteiger partial charge in [-0.05, 0) is 65.9 Å². The fourth-order valence-electron chi connectivity index (χ4n) is 2.11. The van der Waals surface area contributed by atoms with Gasteiger partial charge in [0.15, 0.2) is 0 Å². The zero-order valence-corrected chi connectivity index (χ0v) is 11.7. The molecule has 1 aromatic heterocycles. The molecular weight excluding hydrogens is 242 g/mol. The van der Waals surface area contributed by atoms with Crippen molar-refractivity contribution in [2.45, 2.75) is 26.9 Å². The van der Waals surface area contributed by atoms with Gasteiger partial charge in [0.1, 0.15) is 12.4 Å². The van der Waals surface area contributed by atoms with E-state index < -0.39 is 0 Å². The van der Waals surface area contributed by atoms with E-state index in [4.69, 9.17) is 10.5 Å². The van der Waals surface area contributed by atoms with Gasteiger partial charge in [0, 0.05) is 0 Å². The molecule has 3 heteroatoms. The van der Waals surface area contributed by atoms with Crippen LogP contribution in [0.25, 0.3) is 0 Å². The average Bonchev–Trinajstić information content (AvgIpc) is 2.81. The Morgan fingerprint density at radius 1 is 1.17 bits per heavy atom. The Balaban J connectivity index is 2.12. The third kappa shape index (κ3) is 3.12. The summed E-state index contributed by atoms with van der Waals surface area (Å²) in [5.74, 6) is 1.00. The van der Waals surface area contributed by atoms with Crippen LogP contribution < -0.4 is 10.5 Å². The van der Waals surface area contributed by atoms with E-state index in [0.29, 0.717) is 13.2 Å². The Kier molecular flexibility index (Phi) is 4.39. The fourth-order valence-corrected chi connectivity index (χ4v) is 2.76. The van der Waals surface area contributed by atoms with Crippen molar-refractivity contribution >= 4 is 11.3 Å². The summed E-state index contributed by atoms with van der Waals surface area (Å²) in [4.78, 5) is 0. The van der Waals surface area contributed by atoms with E-state index in [1.165, 1.54) is 22.3 Å². The number of benzene rings is 1. The molecule has 0 aliphatic heterocycles. The molecule has 0 aliphatic carbocycles. The molecule has 0 saturated carbocycles. The summed E-state index contributed by atoms with van der Waals surface area (Å²) < 4.78 is 5.92. The minimum Gasteiger partial charge on any atom is -0.488 e. The Labute approximate surface area is 112 Å². The van der Waals surface area contributed by atoms with E-state index in [9.17, 15) is 0 Å². The quantitative estimate of drug-likeness (QED) is 0.894. The van der Waals surface area contributed by atoms with Crippen LogP contribution in [0.2, 0.25) is 0 Å². The van der Waals surface area contributed by atoms with Gasteiger partial charge in [-0.15, -0.1) is 0 Å². The maximum absolute atomic E-state index is 5.92. The van der Waals surface area contributed by atoms with Crippen molar-refractivity contribution in [3.8, 4) is 5.75 Å². The van der Waals surface area contributed by atoms with E-state index in [-0.39, 0.29) is 0 Å². The Hall–Kier alpha value is -1.32. The number of ether oxygens (including phenoxy) is 1. The van der Waals surface area contributed by atoms with Gasteiger partial charge in [-0.2, -0.15) is 11.3 Å². The Morgan fingerprint density at radius 3 is 2.44 bits per heavy atom. The maximum atomic E-state index is 5.92. The largest absolute Gasteiger partial charge is 0.488 e. The standard InChI is InChI=1S/C15H19NOS/c1-11-7-13(3-5-16)8-12(2)15(11)17-9-14-4-6-18-10-14/h4,6-8,10H,3,5,9,16H2,1-2H3. The predicted octanol–water partition coefficient (Wildman–Crippen LogP) is 3.45. The highest BCUT2D eigenvalue weighted by Gasteiger charge is 2.06. The zero-order chi connectivity index (χ0) is 13.0. The minimum absolute atomic E-state index is 0.640. The van der Waals surface area contributed by atoms with Crippen LogP contribution >= 0.6 is 11.3 Å². The third-order valence-corrected chi connectivity index (χ3v) is 3.65. The Morgan fingerprint density at radius 2 is 1.89 bits per heavy atom. The van der Waals surface area contributed by atoms with Gasteiger partial charge >= 0.3 is 0 Å². The van der Waals surface area contributed by atoms with Gasteiger partial charge in [-0.3, -0.25) is 0 Å². The smallest absolute Gasteiger partial charge is 0.125 e. The Bertz CT molecular complexity index is 482. The van der Waals surface area contributed by atoms with Crippen molar-refractivity contribution in [3.63, 3.8) is 0 Å². The van der Waals surface area contributed by atoms with Crippen molar-refractivity contribution in [3.05, 3.63) is 51.2 Å². The highest BCUT2D eigenvalue weighted by molar-refractivity contribution is 7.07. The first kappa shape index (κ1) is 13.1. The van der Waals surface area contributed by atoms with Crippen LogP contribution in [-0.4, -0.2) is 6.54 Å². The van der Waals surface area contributed by atoms with E-state index >= 15 is 0 Å². The van der Waals surface area contributed by atoms with Gasteiger partial charge in [0.05, 0.1) is 0 Å². The van der Waals surface area contributed by atoms with Crippen LogP contribution in [0.15, 0.2) is 29.0 Å². The predicted molar refractivity (Wildman–Crippen MR) is 77.3 cm³/mol. The highest BCUT2D eigenvalue weighted by atomic mass is 32.1. The van der Waals surface area contributed by atoms with Crippen LogP contribution in [0.4, 0.5) is 0 Å². The lowest BCUT2D eigenvalue weighted by Gasteiger charge is -2.13. The number of hydrogen-bond donors (Lipinski definition) is 1. The highest BCUT2D eigenvalue weighted by Crippen LogP contribution is 2.26. The molecule has 1 aromatic carbocycles. The molecule has 0 unspecified atom stereocenters. The second-order valence-electron chi connectivity index (χ2n) is 4.52. The summed E-state index contributed by atoms with van der Waals surface area (Å²) in [6, 6.07) is 6.43. The van der Waals surface area contributed by atoms with Crippen LogP contribution in [0.3, 0.4) is 0 Å². The van der Waals surface area contributed by atoms with Crippen molar-refractivity contribution < 1.29 is 4.74 Å². The molecule has 2 nitrogen and oxygen atoms in total. The van der Waals surface area contributed by atoms with Gasteiger partial charge in [-0.1, -0.05) is 12.1 Å². The molecule has 2 N–H and O–H groups in total. The number of thiophene rings is 1. The van der Waals surface area contributed by atoms with Crippen LogP contribution in [0, 0.1) is 13.8 Å². The molecule has 18 heavy (non-hydrogen) atoms. The molecule has 1 heterocycles. The molecule has 96 valence electrons. The lowest BCUT2D eigenvalue weighted by atomic mass is 10.0. The average molecular weight is 261 g/mol. The summed E-state index contributed by atoms with van der Waals surface area (Å²) in [5.41, 5.74) is 10.5. The zero-order valence-electron chi connectivity index (χ0n) is 10.9. The van der Waals surface area contributed by atoms with Crippen molar-refractivity contribution in [1.82, 2.24) is 0 Å². The molecule has 0 amide bonds. The van der Waals surface area contributed by atoms with Gasteiger partial charge in [0.25, 0.3) is 0 Å². The lowest BCUT2D eigenvalue weighted by Crippen LogP contribution is -2.04. The number of aryl methyl sites for hydroxylation is 2. The molecule has 0 radical (unpaired) electrons. The summed E-state index contributed by atoms with van der Waals surface area (Å²) in [6.45, 7) is 5.52. The topological polar surface area (TPSA) is 35.2 Å². The summed E-state index contributed by atoms with van der Waals surface area (Å²) in [6.07, 6.45) is 0.923. The molecule has 0 fully saturated rings. The molecule has 0 spiro atoms. The SMILES string of the molecule is Cc1cc(CCN)cc(C)c1OCc1ccsc1. The minimum atomic E-state index is 0.640.